The van der Waals surface area contributed by atoms with Gasteiger partial charge in [0, 0.05) is 38.8 Å². The van der Waals surface area contributed by atoms with E-state index in [1.165, 1.54) is 0 Å². The molecule has 0 saturated carbocycles. The Kier molecular flexibility index (Phi) is 5.74. The summed E-state index contributed by atoms with van der Waals surface area (Å²) in [7, 11) is 1.60. The summed E-state index contributed by atoms with van der Waals surface area (Å²) in [6.45, 7) is 1.85. The number of carbonyl (C=O) groups excluding carboxylic acids is 2. The number of amides is 2. The maximum atomic E-state index is 12.0. The van der Waals surface area contributed by atoms with E-state index >= 15 is 0 Å². The zero-order chi connectivity index (χ0) is 15.9. The van der Waals surface area contributed by atoms with Gasteiger partial charge in [-0.15, -0.1) is 0 Å². The van der Waals surface area contributed by atoms with Gasteiger partial charge in [0.1, 0.15) is 0 Å². The van der Waals surface area contributed by atoms with Crippen LogP contribution in [0.1, 0.15) is 27.9 Å². The number of nitrogens with zero attached hydrogens (tertiary/aromatic N) is 1. The van der Waals surface area contributed by atoms with E-state index < -0.39 is 5.91 Å². The maximum Gasteiger partial charge on any atom is 0.410 e. The summed E-state index contributed by atoms with van der Waals surface area (Å²) in [5.74, 6) is -0.568. The lowest BCUT2D eigenvalue weighted by molar-refractivity contribution is 0.0706. The number of ether oxygens (including phenoxy) is 2. The molecule has 1 aromatic carbocycles. The van der Waals surface area contributed by atoms with Gasteiger partial charge in [-0.05, 0) is 29.7 Å². The summed E-state index contributed by atoms with van der Waals surface area (Å²) < 4.78 is 10.1. The van der Waals surface area contributed by atoms with Crippen LogP contribution in [0.3, 0.4) is 0 Å². The molecular formula is C15H20N2O5. The smallest absolute Gasteiger partial charge is 0.410 e. The topological polar surface area (TPSA) is 88.1 Å². The number of hydrogen-bond donors (Lipinski definition) is 2. The SMILES string of the molecule is COCCCOC(=O)N1CCc2ccc(C(=O)NO)cc2C1. The van der Waals surface area contributed by atoms with Crippen molar-refractivity contribution in [1.82, 2.24) is 10.4 Å². The van der Waals surface area contributed by atoms with Gasteiger partial charge in [0.15, 0.2) is 0 Å². The molecule has 0 atom stereocenters. The van der Waals surface area contributed by atoms with Gasteiger partial charge >= 0.3 is 6.09 Å². The molecule has 1 aliphatic heterocycles. The molecule has 0 saturated heterocycles. The van der Waals surface area contributed by atoms with Crippen LogP contribution in [0, 0.1) is 0 Å². The molecule has 1 heterocycles. The van der Waals surface area contributed by atoms with Crippen LogP contribution in [0.25, 0.3) is 0 Å². The number of hydroxylamine groups is 1. The number of methoxy groups -OCH3 is 1. The van der Waals surface area contributed by atoms with E-state index in [4.69, 9.17) is 14.7 Å². The van der Waals surface area contributed by atoms with E-state index in [0.717, 1.165) is 11.1 Å². The second-order valence-electron chi connectivity index (χ2n) is 5.06. The minimum Gasteiger partial charge on any atom is -0.449 e. The van der Waals surface area contributed by atoms with Gasteiger partial charge in [0.2, 0.25) is 0 Å². The Labute approximate surface area is 128 Å². The molecule has 1 aliphatic rings. The van der Waals surface area contributed by atoms with Gasteiger partial charge in [-0.25, -0.2) is 10.3 Å². The number of nitrogens with one attached hydrogen (secondary N) is 1. The summed E-state index contributed by atoms with van der Waals surface area (Å²) in [6, 6.07) is 5.19. The van der Waals surface area contributed by atoms with E-state index in [2.05, 4.69) is 0 Å². The van der Waals surface area contributed by atoms with Crippen LogP contribution in [-0.4, -0.2) is 49.0 Å². The first-order valence-corrected chi connectivity index (χ1v) is 7.12. The molecule has 22 heavy (non-hydrogen) atoms. The van der Waals surface area contributed by atoms with Gasteiger partial charge in [-0.3, -0.25) is 10.0 Å². The Morgan fingerprint density at radius 1 is 1.32 bits per heavy atom. The molecule has 2 N–H and O–H groups in total. The molecule has 2 rings (SSSR count). The fraction of sp³-hybridized carbons (Fsp3) is 0.467. The van der Waals surface area contributed by atoms with Crippen LogP contribution in [-0.2, 0) is 22.4 Å². The molecule has 2 amide bonds. The van der Waals surface area contributed by atoms with Crippen LogP contribution >= 0.6 is 0 Å². The Hall–Kier alpha value is -2.12. The lowest BCUT2D eigenvalue weighted by Crippen LogP contribution is -2.36. The molecule has 0 aliphatic carbocycles. The second kappa shape index (κ2) is 7.77. The van der Waals surface area contributed by atoms with Gasteiger partial charge in [0.05, 0.1) is 6.61 Å². The predicted octanol–water partition coefficient (Wildman–Crippen LogP) is 1.34. The lowest BCUT2D eigenvalue weighted by atomic mass is 9.97. The van der Waals surface area contributed by atoms with Crippen molar-refractivity contribution >= 4 is 12.0 Å². The zero-order valence-electron chi connectivity index (χ0n) is 12.5. The fourth-order valence-electron chi connectivity index (χ4n) is 2.37. The highest BCUT2D eigenvalue weighted by molar-refractivity contribution is 5.93. The fourth-order valence-corrected chi connectivity index (χ4v) is 2.37. The average molecular weight is 308 g/mol. The van der Waals surface area contributed by atoms with E-state index in [-0.39, 0.29) is 6.09 Å². The average Bonchev–Trinajstić information content (AvgIpc) is 2.56. The van der Waals surface area contributed by atoms with E-state index in [9.17, 15) is 9.59 Å². The lowest BCUT2D eigenvalue weighted by Gasteiger charge is -2.28. The van der Waals surface area contributed by atoms with Gasteiger partial charge in [0.25, 0.3) is 5.91 Å². The Morgan fingerprint density at radius 3 is 2.86 bits per heavy atom. The van der Waals surface area contributed by atoms with Crippen LogP contribution < -0.4 is 5.48 Å². The molecule has 1 aromatic rings. The van der Waals surface area contributed by atoms with E-state index in [1.54, 1.807) is 29.6 Å². The highest BCUT2D eigenvalue weighted by atomic mass is 16.6. The standard InChI is InChI=1S/C15H20N2O5/c1-21-7-2-8-22-15(19)17-6-5-11-3-4-12(14(18)16-20)9-13(11)10-17/h3-4,9,20H,2,5-8,10H2,1H3,(H,16,18). The molecule has 7 heteroatoms. The maximum absolute atomic E-state index is 12.0. The minimum atomic E-state index is -0.568. The highest BCUT2D eigenvalue weighted by Gasteiger charge is 2.22. The van der Waals surface area contributed by atoms with Crippen molar-refractivity contribution in [2.45, 2.75) is 19.4 Å². The molecule has 0 unspecified atom stereocenters. The monoisotopic (exact) mass is 308 g/mol. The van der Waals surface area contributed by atoms with Crippen molar-refractivity contribution in [3.8, 4) is 0 Å². The van der Waals surface area contributed by atoms with Crippen LogP contribution in [0.2, 0.25) is 0 Å². The van der Waals surface area contributed by atoms with Crippen LogP contribution in [0.5, 0.6) is 0 Å². The summed E-state index contributed by atoms with van der Waals surface area (Å²) in [5, 5.41) is 8.68. The molecule has 7 nitrogen and oxygen atoms in total. The zero-order valence-corrected chi connectivity index (χ0v) is 12.5. The Balaban J connectivity index is 1.97. The third-order valence-electron chi connectivity index (χ3n) is 3.56. The quantitative estimate of drug-likeness (QED) is 0.487. The minimum absolute atomic E-state index is 0.322. The van der Waals surface area contributed by atoms with Gasteiger partial charge in [-0.1, -0.05) is 6.07 Å². The first-order chi connectivity index (χ1) is 10.7. The van der Waals surface area contributed by atoms with E-state index in [0.29, 0.717) is 44.7 Å². The molecule has 0 bridgehead atoms. The number of hydrogen-bond acceptors (Lipinski definition) is 5. The summed E-state index contributed by atoms with van der Waals surface area (Å²) in [6.07, 6.45) is 1.01. The molecule has 0 radical (unpaired) electrons. The van der Waals surface area contributed by atoms with Crippen molar-refractivity contribution < 1.29 is 24.3 Å². The Bertz CT molecular complexity index is 547. The number of benzene rings is 1. The molecule has 120 valence electrons. The highest BCUT2D eigenvalue weighted by Crippen LogP contribution is 2.21. The van der Waals surface area contributed by atoms with Crippen molar-refractivity contribution in [1.29, 1.82) is 0 Å². The van der Waals surface area contributed by atoms with Gasteiger partial charge in [-0.2, -0.15) is 0 Å². The second-order valence-corrected chi connectivity index (χ2v) is 5.06. The largest absolute Gasteiger partial charge is 0.449 e. The van der Waals surface area contributed by atoms with Crippen molar-refractivity contribution in [3.63, 3.8) is 0 Å². The number of fused-ring (bicyclic) bond motifs is 1. The molecule has 0 aromatic heterocycles. The predicted molar refractivity (Wildman–Crippen MR) is 77.6 cm³/mol. The molecular weight excluding hydrogens is 288 g/mol. The van der Waals surface area contributed by atoms with Gasteiger partial charge < -0.3 is 14.4 Å². The summed E-state index contributed by atoms with van der Waals surface area (Å²) >= 11 is 0. The van der Waals surface area contributed by atoms with E-state index in [1.807, 2.05) is 6.07 Å². The Morgan fingerprint density at radius 2 is 2.14 bits per heavy atom. The van der Waals surface area contributed by atoms with Crippen LogP contribution in [0.15, 0.2) is 18.2 Å². The van der Waals surface area contributed by atoms with Crippen LogP contribution in [0.4, 0.5) is 4.79 Å². The van der Waals surface area contributed by atoms with Crippen molar-refractivity contribution in [3.05, 3.63) is 34.9 Å². The first kappa shape index (κ1) is 16.3. The van der Waals surface area contributed by atoms with Crippen molar-refractivity contribution in [2.75, 3.05) is 26.9 Å². The third kappa shape index (κ3) is 3.96. The summed E-state index contributed by atoms with van der Waals surface area (Å²) in [5.41, 5.74) is 3.95. The number of rotatable bonds is 5. The molecule has 0 spiro atoms. The number of carbonyl (C=O) groups is 2. The van der Waals surface area contributed by atoms with Crippen molar-refractivity contribution in [2.24, 2.45) is 0 Å². The normalized spacial score (nSPS) is 13.5. The first-order valence-electron chi connectivity index (χ1n) is 7.12. The molecule has 0 fully saturated rings. The summed E-state index contributed by atoms with van der Waals surface area (Å²) in [4.78, 5) is 25.0. The third-order valence-corrected chi connectivity index (χ3v) is 3.56.